The number of fused-ring (bicyclic) bond motifs is 4. The number of nitrogens with one attached hydrogen (secondary N) is 4. The smallest absolute Gasteiger partial charge is 0.415 e. The van der Waals surface area contributed by atoms with Crippen LogP contribution in [0.4, 0.5) is 95.4 Å². The van der Waals surface area contributed by atoms with Crippen LogP contribution in [0.2, 0.25) is 5.15 Å². The summed E-state index contributed by atoms with van der Waals surface area (Å²) in [6, 6.07) is 25.9. The van der Waals surface area contributed by atoms with E-state index >= 15 is 0 Å². The first-order chi connectivity index (χ1) is 67.3. The number of amides is 3. The Labute approximate surface area is 805 Å². The number of pyridine rings is 7. The van der Waals surface area contributed by atoms with Gasteiger partial charge in [0.25, 0.3) is 22.2 Å². The van der Waals surface area contributed by atoms with E-state index in [0.717, 1.165) is 24.8 Å². The molecule has 15 aromatic rings. The number of halogens is 5. The quantitative estimate of drug-likeness (QED) is 0.0161. The minimum absolute atomic E-state index is 0.00154. The lowest BCUT2D eigenvalue weighted by Crippen LogP contribution is -2.35. The Morgan fingerprint density at radius 3 is 1.21 bits per heavy atom. The fourth-order valence-corrected chi connectivity index (χ4v) is 13.1. The highest BCUT2D eigenvalue weighted by molar-refractivity contribution is 6.30. The zero-order valence-electron chi connectivity index (χ0n) is 78.2. The number of aromatic nitrogens is 19. The zero-order valence-corrected chi connectivity index (χ0v) is 79.0. The van der Waals surface area contributed by atoms with Crippen LogP contribution >= 0.6 is 11.6 Å². The van der Waals surface area contributed by atoms with Gasteiger partial charge in [-0.15, -0.1) is 0 Å². The number of anilines is 11. The van der Waals surface area contributed by atoms with Gasteiger partial charge in [0.15, 0.2) is 69.8 Å². The number of allylic oxidation sites excluding steroid dienone is 1. The lowest BCUT2D eigenvalue weighted by Gasteiger charge is -2.25. The fourth-order valence-electron chi connectivity index (χ4n) is 12.9. The van der Waals surface area contributed by atoms with Crippen molar-refractivity contribution >= 4 is 146 Å². The summed E-state index contributed by atoms with van der Waals surface area (Å²) in [5.74, 6) is -4.50. The number of aromatic carboxylic acids is 2. The SMILES string of the molecule is CCOC(=O)c1cnn2c(N(C)C(=O)OC(C)(C)C)cc(Cl)nc12.CCOC(=O)c1cnn2c(N(C)C(=O)OC(C)(C)C)cc(Nc3cccn(C4N=CC=CC4F)c3=O)nc12.CN(C(=O)OC(C)(C)C)c1cc(Nc2cccn(-c3ncccc3F)c2=O)nc2c(C(=O)O)cnn12.CNc1cc(Nc2cccn(-c3ncccc3F)c2=O)nc2c(C(=O)O)cnn12.Nc1cccn(-c2ncccc2F)c1=O. The third-order valence-corrected chi connectivity index (χ3v) is 19.5. The second kappa shape index (κ2) is 43.5. The average Bonchev–Trinajstić information content (AvgIpc) is 1.59. The van der Waals surface area contributed by atoms with E-state index in [1.807, 2.05) is 0 Å². The number of aliphatic imine (C=N–C) groups is 1. The van der Waals surface area contributed by atoms with Gasteiger partial charge >= 0.3 is 42.2 Å². The average molecular weight is 1980 g/mol. The van der Waals surface area contributed by atoms with Gasteiger partial charge in [0.05, 0.1) is 43.7 Å². The Kier molecular flexibility index (Phi) is 31.5. The zero-order chi connectivity index (χ0) is 103. The number of carboxylic acid groups (broad SMARTS) is 2. The topological polar surface area (TPSA) is 550 Å². The summed E-state index contributed by atoms with van der Waals surface area (Å²) in [5, 5.41) is 46.9. The predicted molar refractivity (Wildman–Crippen MR) is 512 cm³/mol. The number of ether oxygens (including phenoxy) is 5. The standard InChI is InChI=1S/C25H28FN7O5.C23H22FN7O5.C18H14FN7O3.C15H19ClN4O4.C10H8FN3O/c1-6-37-23(35)15-14-28-33-19(31(5)24(36)38-25(2,3)4)13-18(30-20(15)33)29-17-10-8-12-32(22(17)34)21-16(26)9-7-11-27-21;1-23(2,3)36-22(35)29(4)17-11-16(28-18-13(21(33)34)12-26-31(17)18)27-15-8-6-10-30(20(15)32)19-14(24)7-5-9-25-19;1-20-14-8-13(24-15-10(18(28)29)9-22-26(14)15)23-12-5-3-7-25(17(12)27)16-11(19)4-2-6-21-16;1-6-23-13(21)9-8-17-20-11(7-10(16)18-12(9)20)19(5)14(22)24-15(2,3)4;11-7-3-1-5-13-9(7)14-6-2-4-8(12)10(14)15/h7-14,16,21H,6H2,1-5H3,(H,29,30);5-12H,1-4H3,(H,27,28)(H,33,34);2-9,20H,1H3,(H,23,24)(H,28,29);7-8H,6H2,1-5H3;1-6H,12H2. The van der Waals surface area contributed by atoms with Crippen molar-refractivity contribution in [2.24, 2.45) is 4.99 Å². The molecule has 142 heavy (non-hydrogen) atoms. The maximum atomic E-state index is 14.4. The molecule has 1 aliphatic heterocycles. The summed E-state index contributed by atoms with van der Waals surface area (Å²) in [7, 11) is 6.06. The normalized spacial score (nSPS) is 12.6. The van der Waals surface area contributed by atoms with E-state index in [4.69, 9.17) is 41.0 Å². The van der Waals surface area contributed by atoms with Crippen LogP contribution in [0.25, 0.3) is 40.0 Å². The van der Waals surface area contributed by atoms with Crippen molar-refractivity contribution < 1.29 is 85.0 Å². The van der Waals surface area contributed by atoms with Crippen molar-refractivity contribution in [3.63, 3.8) is 0 Å². The molecule has 51 heteroatoms. The first kappa shape index (κ1) is 103. The van der Waals surface area contributed by atoms with E-state index in [1.54, 1.807) is 107 Å². The van der Waals surface area contributed by atoms with Gasteiger partial charge in [-0.05, 0) is 173 Å². The number of alkyl halides is 1. The Bertz CT molecular complexity index is 7670. The summed E-state index contributed by atoms with van der Waals surface area (Å²) in [6.45, 7) is 19.3. The number of nitrogens with two attached hydrogens (primary N) is 1. The minimum Gasteiger partial charge on any atom is -0.477 e. The molecule has 0 spiro atoms. The van der Waals surface area contributed by atoms with Crippen molar-refractivity contribution in [3.8, 4) is 17.5 Å². The Morgan fingerprint density at radius 2 is 0.824 bits per heavy atom. The highest BCUT2D eigenvalue weighted by atomic mass is 35.5. The van der Waals surface area contributed by atoms with E-state index in [2.05, 4.69) is 81.5 Å². The van der Waals surface area contributed by atoms with E-state index in [-0.39, 0.29) is 133 Å². The first-order valence-corrected chi connectivity index (χ1v) is 42.9. The highest BCUT2D eigenvalue weighted by Crippen LogP contribution is 2.32. The van der Waals surface area contributed by atoms with Gasteiger partial charge in [0.2, 0.25) is 0 Å². The van der Waals surface area contributed by atoms with Crippen molar-refractivity contribution in [3.05, 3.63) is 276 Å². The molecule has 16 heterocycles. The first-order valence-electron chi connectivity index (χ1n) is 42.5. The number of hydrogen-bond donors (Lipinski definition) is 7. The Balaban J connectivity index is 0.000000163. The molecule has 16 rings (SSSR count). The van der Waals surface area contributed by atoms with Gasteiger partial charge in [-0.2, -0.15) is 38.5 Å². The largest absolute Gasteiger partial charge is 0.477 e. The van der Waals surface area contributed by atoms with Gasteiger partial charge in [-0.1, -0.05) is 11.6 Å². The molecule has 0 fully saturated rings. The van der Waals surface area contributed by atoms with Crippen molar-refractivity contribution in [1.82, 2.24) is 91.6 Å². The third kappa shape index (κ3) is 23.9. The molecule has 738 valence electrons. The molecule has 0 radical (unpaired) electrons. The number of carbonyl (C=O) groups is 7. The number of esters is 2. The van der Waals surface area contributed by atoms with Gasteiger partial charge in [0.1, 0.15) is 102 Å². The number of nitrogens with zero attached hydrogens (tertiary/aromatic N) is 23. The molecule has 0 aromatic carbocycles. The van der Waals surface area contributed by atoms with Gasteiger partial charge in [-0.25, -0.2) is 86.0 Å². The summed E-state index contributed by atoms with van der Waals surface area (Å²) in [5.41, 5.74) is 1.46. The maximum Gasteiger partial charge on any atom is 0.415 e. The molecular weight excluding hydrogens is 1880 g/mol. The molecule has 8 N–H and O–H groups in total. The molecule has 3 amide bonds. The molecule has 46 nitrogen and oxygen atoms in total. The van der Waals surface area contributed by atoms with E-state index < -0.39 is 111 Å². The molecule has 0 bridgehead atoms. The Hall–Kier alpha value is -18.2. The van der Waals surface area contributed by atoms with Crippen LogP contribution in [0.3, 0.4) is 0 Å². The number of nitrogen functional groups attached to an aromatic ring is 1. The number of rotatable bonds is 20. The van der Waals surface area contributed by atoms with Crippen LogP contribution < -0.4 is 63.9 Å². The molecule has 0 saturated heterocycles. The third-order valence-electron chi connectivity index (χ3n) is 19.3. The monoisotopic (exact) mass is 1970 g/mol. The lowest BCUT2D eigenvalue weighted by atomic mass is 10.2. The van der Waals surface area contributed by atoms with Crippen molar-refractivity contribution in [1.29, 1.82) is 0 Å². The minimum atomic E-state index is -1.48. The van der Waals surface area contributed by atoms with Gasteiger partial charge in [0, 0.05) is 102 Å². The van der Waals surface area contributed by atoms with Crippen LogP contribution in [-0.2, 0) is 23.7 Å². The van der Waals surface area contributed by atoms with Crippen LogP contribution in [0.1, 0.15) is 124 Å². The highest BCUT2D eigenvalue weighted by Gasteiger charge is 2.32. The number of carbonyl (C=O) groups excluding carboxylic acids is 5. The molecule has 2 atom stereocenters. The van der Waals surface area contributed by atoms with Crippen LogP contribution in [0.5, 0.6) is 0 Å². The number of hydrogen-bond acceptors (Lipinski definition) is 33. The fraction of sp³-hybridized carbons (Fsp3) is 0.242. The second-order valence-electron chi connectivity index (χ2n) is 32.9. The predicted octanol–water partition coefficient (Wildman–Crippen LogP) is 12.7. The van der Waals surface area contributed by atoms with E-state index in [1.165, 1.54) is 219 Å². The second-order valence-corrected chi connectivity index (χ2v) is 33.3. The lowest BCUT2D eigenvalue weighted by molar-refractivity contribution is 0.0518. The van der Waals surface area contributed by atoms with Crippen LogP contribution in [0, 0.1) is 17.5 Å². The molecule has 0 saturated carbocycles. The molecule has 0 aliphatic carbocycles. The summed E-state index contributed by atoms with van der Waals surface area (Å²) >= 11 is 6.03. The van der Waals surface area contributed by atoms with Crippen LogP contribution in [0.15, 0.2) is 214 Å². The van der Waals surface area contributed by atoms with E-state index in [9.17, 15) is 80.5 Å². The number of dihydropyridines is 1. The maximum absolute atomic E-state index is 14.4. The van der Waals surface area contributed by atoms with Crippen molar-refractivity contribution in [2.75, 3.05) is 83.1 Å². The summed E-state index contributed by atoms with van der Waals surface area (Å²) in [6.07, 6.45) is 14.4. The van der Waals surface area contributed by atoms with Gasteiger partial charge < -0.3 is 60.9 Å². The number of carboxylic acids is 2. The summed E-state index contributed by atoms with van der Waals surface area (Å²) < 4.78 is 91.8. The molecule has 1 aliphatic rings. The van der Waals surface area contributed by atoms with Crippen molar-refractivity contribution in [2.45, 2.75) is 105 Å². The van der Waals surface area contributed by atoms with Crippen LogP contribution in [-0.4, -0.2) is 215 Å². The Morgan fingerprint density at radius 1 is 0.472 bits per heavy atom. The molecule has 15 aromatic heterocycles. The summed E-state index contributed by atoms with van der Waals surface area (Å²) in [4.78, 5) is 172. The molecular formula is C91H91ClF4N28O18. The molecule has 2 unspecified atom stereocenters. The van der Waals surface area contributed by atoms with E-state index in [0.29, 0.717) is 11.6 Å². The van der Waals surface area contributed by atoms with Gasteiger partial charge in [-0.3, -0.25) is 57.1 Å².